The Morgan fingerprint density at radius 2 is 2.00 bits per heavy atom. The van der Waals surface area contributed by atoms with Crippen LogP contribution in [-0.4, -0.2) is 30.1 Å². The monoisotopic (exact) mass is 270 g/mol. The Morgan fingerprint density at radius 1 is 1.37 bits per heavy atom. The Bertz CT molecular complexity index is 320. The molecule has 0 aromatic carbocycles. The van der Waals surface area contributed by atoms with E-state index in [0.29, 0.717) is 24.7 Å². The van der Waals surface area contributed by atoms with Crippen molar-refractivity contribution >= 4 is 11.9 Å². The van der Waals surface area contributed by atoms with E-state index < -0.39 is 17.8 Å². The first kappa shape index (κ1) is 16.0. The molecule has 1 amide bonds. The summed E-state index contributed by atoms with van der Waals surface area (Å²) in [6.45, 7) is 5.89. The van der Waals surface area contributed by atoms with Gasteiger partial charge in [-0.25, -0.2) is 0 Å². The van der Waals surface area contributed by atoms with E-state index in [-0.39, 0.29) is 5.92 Å². The predicted octanol–water partition coefficient (Wildman–Crippen LogP) is 1.22. The largest absolute Gasteiger partial charge is 0.481 e. The molecular formula is C14H26N2O3. The van der Waals surface area contributed by atoms with Crippen molar-refractivity contribution in [2.45, 2.75) is 39.5 Å². The second-order valence-corrected chi connectivity index (χ2v) is 5.74. The van der Waals surface area contributed by atoms with Gasteiger partial charge in [-0.15, -0.1) is 0 Å². The first-order chi connectivity index (χ1) is 8.95. The van der Waals surface area contributed by atoms with E-state index in [2.05, 4.69) is 12.2 Å². The molecule has 1 heterocycles. The van der Waals surface area contributed by atoms with Gasteiger partial charge in [-0.3, -0.25) is 9.59 Å². The molecule has 4 atom stereocenters. The lowest BCUT2D eigenvalue weighted by Crippen LogP contribution is -2.26. The lowest BCUT2D eigenvalue weighted by atomic mass is 9.84. The van der Waals surface area contributed by atoms with Gasteiger partial charge < -0.3 is 16.2 Å². The summed E-state index contributed by atoms with van der Waals surface area (Å²) in [5.74, 6) is -0.837. The lowest BCUT2D eigenvalue weighted by molar-refractivity contribution is -0.143. The molecular weight excluding hydrogens is 244 g/mol. The van der Waals surface area contributed by atoms with Gasteiger partial charge in [-0.2, -0.15) is 0 Å². The molecule has 1 fully saturated rings. The van der Waals surface area contributed by atoms with Crippen LogP contribution in [0.15, 0.2) is 0 Å². The van der Waals surface area contributed by atoms with E-state index in [9.17, 15) is 14.7 Å². The first-order valence-corrected chi connectivity index (χ1v) is 7.18. The molecule has 0 aliphatic carbocycles. The third-order valence-corrected chi connectivity index (χ3v) is 4.36. The molecule has 1 aliphatic rings. The van der Waals surface area contributed by atoms with Crippen molar-refractivity contribution in [2.75, 3.05) is 13.1 Å². The molecule has 1 aliphatic heterocycles. The van der Waals surface area contributed by atoms with Crippen LogP contribution in [0.3, 0.4) is 0 Å². The minimum atomic E-state index is -0.813. The minimum Gasteiger partial charge on any atom is -0.481 e. The molecule has 0 radical (unpaired) electrons. The Morgan fingerprint density at radius 3 is 2.53 bits per heavy atom. The fraction of sp³-hybridized carbons (Fsp3) is 0.857. The first-order valence-electron chi connectivity index (χ1n) is 7.18. The highest BCUT2D eigenvalue weighted by molar-refractivity contribution is 5.77. The van der Waals surface area contributed by atoms with E-state index in [1.165, 1.54) is 0 Å². The zero-order valence-electron chi connectivity index (χ0n) is 11.9. The molecule has 0 saturated carbocycles. The summed E-state index contributed by atoms with van der Waals surface area (Å²) < 4.78 is 0. The van der Waals surface area contributed by atoms with Gasteiger partial charge >= 0.3 is 5.97 Å². The number of nitrogens with two attached hydrogens (primary N) is 1. The van der Waals surface area contributed by atoms with Crippen LogP contribution in [-0.2, 0) is 9.59 Å². The molecule has 0 spiro atoms. The van der Waals surface area contributed by atoms with Gasteiger partial charge in [-0.1, -0.05) is 20.3 Å². The van der Waals surface area contributed by atoms with Crippen LogP contribution >= 0.6 is 0 Å². The second-order valence-electron chi connectivity index (χ2n) is 5.74. The molecule has 1 saturated heterocycles. The Kier molecular flexibility index (Phi) is 6.28. The number of carboxylic acids is 1. The van der Waals surface area contributed by atoms with Gasteiger partial charge in [0.15, 0.2) is 0 Å². The fourth-order valence-electron chi connectivity index (χ4n) is 2.90. The summed E-state index contributed by atoms with van der Waals surface area (Å²) in [6.07, 6.45) is 3.03. The summed E-state index contributed by atoms with van der Waals surface area (Å²) in [6, 6.07) is 0. The molecule has 4 N–H and O–H groups in total. The van der Waals surface area contributed by atoms with Crippen LogP contribution in [0.2, 0.25) is 0 Å². The molecule has 5 nitrogen and oxygen atoms in total. The summed E-state index contributed by atoms with van der Waals surface area (Å²) in [5, 5.41) is 12.6. The van der Waals surface area contributed by atoms with Crippen molar-refractivity contribution < 1.29 is 14.7 Å². The van der Waals surface area contributed by atoms with Crippen LogP contribution < -0.4 is 11.1 Å². The van der Waals surface area contributed by atoms with E-state index in [0.717, 1.165) is 25.9 Å². The van der Waals surface area contributed by atoms with E-state index in [1.54, 1.807) is 6.92 Å². The number of carboxylic acid groups (broad SMARTS) is 1. The van der Waals surface area contributed by atoms with Crippen LogP contribution in [0.4, 0.5) is 0 Å². The molecule has 0 aromatic rings. The standard InChI is InChI=1S/C14H26N2O3/c1-3-10-7-16-8-12(10)5-4-11(14(18)19)6-9(2)13(15)17/h9-12,16H,3-8H2,1-2H3,(H2,15,17)(H,18,19). The number of rotatable bonds is 8. The smallest absolute Gasteiger partial charge is 0.306 e. The third kappa shape index (κ3) is 4.82. The van der Waals surface area contributed by atoms with Gasteiger partial charge in [0.25, 0.3) is 0 Å². The topological polar surface area (TPSA) is 92.4 Å². The number of carbonyl (C=O) groups is 2. The van der Waals surface area contributed by atoms with E-state index in [1.807, 2.05) is 0 Å². The summed E-state index contributed by atoms with van der Waals surface area (Å²) in [4.78, 5) is 22.3. The number of carbonyl (C=O) groups excluding carboxylic acids is 1. The second kappa shape index (κ2) is 7.48. The molecule has 110 valence electrons. The Hall–Kier alpha value is -1.10. The van der Waals surface area contributed by atoms with Crippen LogP contribution in [0, 0.1) is 23.7 Å². The van der Waals surface area contributed by atoms with Crippen LogP contribution in [0.25, 0.3) is 0 Å². The highest BCUT2D eigenvalue weighted by atomic mass is 16.4. The Labute approximate surface area is 114 Å². The predicted molar refractivity (Wildman–Crippen MR) is 73.5 cm³/mol. The number of hydrogen-bond donors (Lipinski definition) is 3. The zero-order valence-corrected chi connectivity index (χ0v) is 11.9. The highest BCUT2D eigenvalue weighted by Crippen LogP contribution is 2.28. The van der Waals surface area contributed by atoms with Gasteiger partial charge in [-0.05, 0) is 44.2 Å². The van der Waals surface area contributed by atoms with Gasteiger partial charge in [0, 0.05) is 5.92 Å². The quantitative estimate of drug-likeness (QED) is 0.618. The maximum Gasteiger partial charge on any atom is 0.306 e. The Balaban J connectivity index is 2.45. The molecule has 19 heavy (non-hydrogen) atoms. The fourth-order valence-corrected chi connectivity index (χ4v) is 2.90. The SMILES string of the molecule is CCC1CNCC1CCC(CC(C)C(N)=O)C(=O)O. The van der Waals surface area contributed by atoms with Gasteiger partial charge in [0.05, 0.1) is 5.92 Å². The molecule has 0 bridgehead atoms. The summed E-state index contributed by atoms with van der Waals surface area (Å²) in [5.41, 5.74) is 5.20. The van der Waals surface area contributed by atoms with Crippen LogP contribution in [0.1, 0.15) is 39.5 Å². The maximum atomic E-state index is 11.2. The highest BCUT2D eigenvalue weighted by Gasteiger charge is 2.28. The molecule has 5 heteroatoms. The number of nitrogens with one attached hydrogen (secondary N) is 1. The summed E-state index contributed by atoms with van der Waals surface area (Å²) >= 11 is 0. The zero-order chi connectivity index (χ0) is 14.4. The number of amides is 1. The molecule has 4 unspecified atom stereocenters. The van der Waals surface area contributed by atoms with E-state index in [4.69, 9.17) is 5.73 Å². The average molecular weight is 270 g/mol. The van der Waals surface area contributed by atoms with Crippen molar-refractivity contribution in [3.05, 3.63) is 0 Å². The maximum absolute atomic E-state index is 11.2. The van der Waals surface area contributed by atoms with Crippen molar-refractivity contribution in [3.8, 4) is 0 Å². The summed E-state index contributed by atoms with van der Waals surface area (Å²) in [7, 11) is 0. The number of primary amides is 1. The van der Waals surface area contributed by atoms with Crippen molar-refractivity contribution in [2.24, 2.45) is 29.4 Å². The third-order valence-electron chi connectivity index (χ3n) is 4.36. The van der Waals surface area contributed by atoms with E-state index >= 15 is 0 Å². The van der Waals surface area contributed by atoms with Gasteiger partial charge in [0.2, 0.25) is 5.91 Å². The number of hydrogen-bond acceptors (Lipinski definition) is 3. The van der Waals surface area contributed by atoms with Crippen molar-refractivity contribution in [1.29, 1.82) is 0 Å². The normalized spacial score (nSPS) is 26.0. The van der Waals surface area contributed by atoms with Crippen LogP contribution in [0.5, 0.6) is 0 Å². The van der Waals surface area contributed by atoms with Crippen molar-refractivity contribution in [3.63, 3.8) is 0 Å². The average Bonchev–Trinajstić information content (AvgIpc) is 2.80. The lowest BCUT2D eigenvalue weighted by Gasteiger charge is -2.20. The number of aliphatic carboxylic acids is 1. The molecule has 0 aromatic heterocycles. The van der Waals surface area contributed by atoms with Gasteiger partial charge in [0.1, 0.15) is 0 Å². The minimum absolute atomic E-state index is 0.349. The van der Waals surface area contributed by atoms with Crippen molar-refractivity contribution in [1.82, 2.24) is 5.32 Å². The molecule has 1 rings (SSSR count).